The summed E-state index contributed by atoms with van der Waals surface area (Å²) in [5, 5.41) is 16.3. The lowest BCUT2D eigenvalue weighted by atomic mass is 10.1. The van der Waals surface area contributed by atoms with Crippen molar-refractivity contribution in [1.82, 2.24) is 30.3 Å². The maximum absolute atomic E-state index is 11.1. The van der Waals surface area contributed by atoms with Gasteiger partial charge in [0, 0.05) is 17.0 Å². The highest BCUT2D eigenvalue weighted by Gasteiger charge is 2.20. The molecule has 1 aromatic carbocycles. The van der Waals surface area contributed by atoms with Crippen molar-refractivity contribution in [2.75, 3.05) is 0 Å². The average Bonchev–Trinajstić information content (AvgIpc) is 3.24. The maximum atomic E-state index is 11.1. The quantitative estimate of drug-likeness (QED) is 0.753. The Morgan fingerprint density at radius 1 is 1.21 bits per heavy atom. The molecule has 0 aliphatic carbocycles. The summed E-state index contributed by atoms with van der Waals surface area (Å²) in [5.41, 5.74) is 6.38. The lowest BCUT2D eigenvalue weighted by molar-refractivity contribution is 0.100. The summed E-state index contributed by atoms with van der Waals surface area (Å²) in [6.07, 6.45) is 0. The highest BCUT2D eigenvalue weighted by molar-refractivity contribution is 5.93. The lowest BCUT2D eigenvalue weighted by Crippen LogP contribution is -2.11. The van der Waals surface area contributed by atoms with Crippen molar-refractivity contribution in [3.8, 4) is 11.4 Å². The molecule has 0 aliphatic rings. The molecule has 0 saturated heterocycles. The zero-order valence-electron chi connectivity index (χ0n) is 13.5. The van der Waals surface area contributed by atoms with Gasteiger partial charge in [-0.25, -0.2) is 0 Å². The molecule has 124 valence electrons. The van der Waals surface area contributed by atoms with E-state index in [-0.39, 0.29) is 12.0 Å². The van der Waals surface area contributed by atoms with E-state index >= 15 is 0 Å². The highest BCUT2D eigenvalue weighted by Crippen LogP contribution is 2.19. The first-order valence-electron chi connectivity index (χ1n) is 7.49. The van der Waals surface area contributed by atoms with Crippen LogP contribution in [0.3, 0.4) is 0 Å². The van der Waals surface area contributed by atoms with Crippen LogP contribution in [0.1, 0.15) is 54.8 Å². The van der Waals surface area contributed by atoms with E-state index in [0.717, 1.165) is 5.56 Å². The van der Waals surface area contributed by atoms with Crippen LogP contribution in [-0.2, 0) is 0 Å². The summed E-state index contributed by atoms with van der Waals surface area (Å²) < 4.78 is 5.26. The molecule has 3 rings (SSSR count). The first-order valence-corrected chi connectivity index (χ1v) is 7.49. The van der Waals surface area contributed by atoms with Crippen molar-refractivity contribution in [3.63, 3.8) is 0 Å². The average molecular weight is 327 g/mol. The number of amides is 1. The number of hydrogen-bond donors (Lipinski definition) is 1. The molecular weight excluding hydrogens is 310 g/mol. The van der Waals surface area contributed by atoms with Crippen LogP contribution in [0.25, 0.3) is 11.4 Å². The van der Waals surface area contributed by atoms with E-state index in [1.807, 2.05) is 20.8 Å². The van der Waals surface area contributed by atoms with Gasteiger partial charge in [0.1, 0.15) is 6.04 Å². The van der Waals surface area contributed by atoms with Gasteiger partial charge in [0.25, 0.3) is 5.89 Å². The van der Waals surface area contributed by atoms with Crippen LogP contribution in [0.5, 0.6) is 0 Å². The topological polar surface area (TPSA) is 126 Å². The van der Waals surface area contributed by atoms with E-state index in [9.17, 15) is 4.79 Å². The SMILES string of the molecule is CC(C)c1noc(C(C)n2nnc(-c3ccc(C(N)=O)cc3)n2)n1. The molecule has 2 N–H and O–H groups in total. The molecule has 0 fully saturated rings. The molecule has 1 unspecified atom stereocenters. The number of rotatable bonds is 5. The molecule has 1 atom stereocenters. The van der Waals surface area contributed by atoms with Crippen molar-refractivity contribution >= 4 is 5.91 Å². The number of hydrogen-bond acceptors (Lipinski definition) is 7. The van der Waals surface area contributed by atoms with Crippen molar-refractivity contribution < 1.29 is 9.32 Å². The standard InChI is InChI=1S/C15H17N7O2/c1-8(2)13-17-15(24-20-13)9(3)22-19-14(18-21-22)11-6-4-10(5-7-11)12(16)23/h4-9H,1-3H3,(H2,16,23). The van der Waals surface area contributed by atoms with E-state index in [4.69, 9.17) is 10.3 Å². The van der Waals surface area contributed by atoms with Gasteiger partial charge >= 0.3 is 0 Å². The number of carbonyl (C=O) groups excluding carboxylic acids is 1. The first kappa shape index (κ1) is 15.8. The Bertz CT molecular complexity index is 851. The molecule has 2 heterocycles. The highest BCUT2D eigenvalue weighted by atomic mass is 16.5. The predicted octanol–water partition coefficient (Wildman–Crippen LogP) is 1.55. The van der Waals surface area contributed by atoms with Crippen LogP contribution < -0.4 is 5.73 Å². The summed E-state index contributed by atoms with van der Waals surface area (Å²) in [5.74, 6) is 1.19. The number of tetrazole rings is 1. The van der Waals surface area contributed by atoms with Gasteiger partial charge < -0.3 is 10.3 Å². The Balaban J connectivity index is 1.82. The minimum absolute atomic E-state index is 0.178. The molecule has 0 bridgehead atoms. The van der Waals surface area contributed by atoms with Gasteiger partial charge in [0.2, 0.25) is 11.7 Å². The van der Waals surface area contributed by atoms with Crippen LogP contribution >= 0.6 is 0 Å². The van der Waals surface area contributed by atoms with Gasteiger partial charge in [-0.2, -0.15) is 9.78 Å². The number of benzene rings is 1. The molecule has 0 spiro atoms. The summed E-state index contributed by atoms with van der Waals surface area (Å²) >= 11 is 0. The van der Waals surface area contributed by atoms with Crippen LogP contribution in [0, 0.1) is 0 Å². The Morgan fingerprint density at radius 3 is 2.50 bits per heavy atom. The second-order valence-electron chi connectivity index (χ2n) is 5.70. The van der Waals surface area contributed by atoms with Gasteiger partial charge in [-0.1, -0.05) is 31.1 Å². The molecule has 0 radical (unpaired) electrons. The molecular formula is C15H17N7O2. The van der Waals surface area contributed by atoms with Crippen LogP contribution in [0.2, 0.25) is 0 Å². The van der Waals surface area contributed by atoms with Gasteiger partial charge in [-0.15, -0.1) is 10.2 Å². The Labute approximate surface area is 137 Å². The lowest BCUT2D eigenvalue weighted by Gasteiger charge is -2.03. The summed E-state index contributed by atoms with van der Waals surface area (Å²) in [6.45, 7) is 5.82. The normalized spacial score (nSPS) is 12.5. The molecule has 9 heteroatoms. The van der Waals surface area contributed by atoms with Crippen LogP contribution in [0.15, 0.2) is 28.8 Å². The van der Waals surface area contributed by atoms with Crippen molar-refractivity contribution in [2.24, 2.45) is 5.73 Å². The minimum Gasteiger partial charge on any atom is -0.366 e. The molecule has 0 aliphatic heterocycles. The number of primary amides is 1. The van der Waals surface area contributed by atoms with E-state index < -0.39 is 5.91 Å². The third-order valence-electron chi connectivity index (χ3n) is 3.53. The molecule has 9 nitrogen and oxygen atoms in total. The van der Waals surface area contributed by atoms with Gasteiger partial charge in [-0.05, 0) is 24.3 Å². The van der Waals surface area contributed by atoms with Crippen molar-refractivity contribution in [1.29, 1.82) is 0 Å². The number of aromatic nitrogens is 6. The first-order chi connectivity index (χ1) is 11.5. The van der Waals surface area contributed by atoms with Crippen molar-refractivity contribution in [3.05, 3.63) is 41.5 Å². The molecule has 24 heavy (non-hydrogen) atoms. The fourth-order valence-electron chi connectivity index (χ4n) is 2.04. The fraction of sp³-hybridized carbons (Fsp3) is 0.333. The predicted molar refractivity (Wildman–Crippen MR) is 84.0 cm³/mol. The summed E-state index contributed by atoms with van der Waals surface area (Å²) in [4.78, 5) is 16.9. The minimum atomic E-state index is -0.482. The molecule has 1 amide bonds. The summed E-state index contributed by atoms with van der Waals surface area (Å²) in [6, 6.07) is 6.34. The smallest absolute Gasteiger partial charge is 0.253 e. The fourth-order valence-corrected chi connectivity index (χ4v) is 2.04. The Kier molecular flexibility index (Phi) is 4.07. The van der Waals surface area contributed by atoms with E-state index in [0.29, 0.717) is 23.1 Å². The summed E-state index contributed by atoms with van der Waals surface area (Å²) in [7, 11) is 0. The third kappa shape index (κ3) is 3.00. The largest absolute Gasteiger partial charge is 0.366 e. The van der Waals surface area contributed by atoms with E-state index in [2.05, 4.69) is 25.6 Å². The van der Waals surface area contributed by atoms with Gasteiger partial charge in [0.15, 0.2) is 5.82 Å². The molecule has 3 aromatic rings. The second-order valence-corrected chi connectivity index (χ2v) is 5.70. The third-order valence-corrected chi connectivity index (χ3v) is 3.53. The van der Waals surface area contributed by atoms with Gasteiger partial charge in [0.05, 0.1) is 0 Å². The van der Waals surface area contributed by atoms with E-state index in [1.54, 1.807) is 24.3 Å². The number of nitrogens with zero attached hydrogens (tertiary/aromatic N) is 6. The maximum Gasteiger partial charge on any atom is 0.253 e. The second kappa shape index (κ2) is 6.19. The molecule has 2 aromatic heterocycles. The Morgan fingerprint density at radius 2 is 1.92 bits per heavy atom. The molecule has 0 saturated carbocycles. The van der Waals surface area contributed by atoms with Crippen LogP contribution in [0.4, 0.5) is 0 Å². The monoisotopic (exact) mass is 327 g/mol. The van der Waals surface area contributed by atoms with Gasteiger partial charge in [-0.3, -0.25) is 4.79 Å². The van der Waals surface area contributed by atoms with Crippen LogP contribution in [-0.4, -0.2) is 36.3 Å². The zero-order valence-corrected chi connectivity index (χ0v) is 13.5. The zero-order chi connectivity index (χ0) is 17.3. The number of carbonyl (C=O) groups is 1. The Hall–Kier alpha value is -3.10. The van der Waals surface area contributed by atoms with E-state index in [1.165, 1.54) is 4.80 Å². The number of nitrogens with two attached hydrogens (primary N) is 1. The van der Waals surface area contributed by atoms with Crippen molar-refractivity contribution in [2.45, 2.75) is 32.7 Å².